The lowest BCUT2D eigenvalue weighted by Crippen LogP contribution is -2.10. The van der Waals surface area contributed by atoms with Crippen LogP contribution in [0.5, 0.6) is 0 Å². The van der Waals surface area contributed by atoms with Gasteiger partial charge in [-0.05, 0) is 39.2 Å². The SMILES string of the molecule is CCNc1c(C)nc(C)c([N+](=O)[O-])c1CCSC. The van der Waals surface area contributed by atoms with Gasteiger partial charge < -0.3 is 5.32 Å². The van der Waals surface area contributed by atoms with Crippen LogP contribution in [0.4, 0.5) is 11.4 Å². The number of nitro groups is 1. The van der Waals surface area contributed by atoms with Crippen LogP contribution in [-0.4, -0.2) is 28.5 Å². The van der Waals surface area contributed by atoms with Crippen molar-refractivity contribution < 1.29 is 4.92 Å². The molecule has 100 valence electrons. The average Bonchev–Trinajstić information content (AvgIpc) is 2.29. The summed E-state index contributed by atoms with van der Waals surface area (Å²) in [6.07, 6.45) is 2.68. The van der Waals surface area contributed by atoms with Gasteiger partial charge in [-0.25, -0.2) is 4.98 Å². The molecular weight excluding hydrogens is 250 g/mol. The largest absolute Gasteiger partial charge is 0.383 e. The summed E-state index contributed by atoms with van der Waals surface area (Å²) in [7, 11) is 0. The van der Waals surface area contributed by atoms with E-state index < -0.39 is 0 Å². The predicted octanol–water partition coefficient (Wildman–Crippen LogP) is 2.94. The van der Waals surface area contributed by atoms with Crippen molar-refractivity contribution >= 4 is 23.1 Å². The van der Waals surface area contributed by atoms with Gasteiger partial charge >= 0.3 is 0 Å². The molecule has 1 rings (SSSR count). The Bertz CT molecular complexity index is 449. The van der Waals surface area contributed by atoms with Crippen LogP contribution < -0.4 is 5.32 Å². The number of hydrogen-bond donors (Lipinski definition) is 1. The molecule has 1 N–H and O–H groups in total. The molecule has 0 spiro atoms. The van der Waals surface area contributed by atoms with Crippen LogP contribution in [0.2, 0.25) is 0 Å². The highest BCUT2D eigenvalue weighted by Crippen LogP contribution is 2.32. The molecule has 1 aromatic heterocycles. The third-order valence-electron chi connectivity index (χ3n) is 2.72. The molecule has 0 aliphatic carbocycles. The van der Waals surface area contributed by atoms with Crippen molar-refractivity contribution in [1.29, 1.82) is 0 Å². The van der Waals surface area contributed by atoms with Crippen LogP contribution in [-0.2, 0) is 6.42 Å². The van der Waals surface area contributed by atoms with Crippen molar-refractivity contribution in [2.75, 3.05) is 23.9 Å². The second-order valence-electron chi connectivity index (χ2n) is 4.02. The summed E-state index contributed by atoms with van der Waals surface area (Å²) in [5.74, 6) is 0.863. The fraction of sp³-hybridized carbons (Fsp3) is 0.583. The maximum atomic E-state index is 11.2. The molecule has 0 bridgehead atoms. The summed E-state index contributed by atoms with van der Waals surface area (Å²) >= 11 is 1.68. The zero-order valence-corrected chi connectivity index (χ0v) is 12.1. The van der Waals surface area contributed by atoms with Gasteiger partial charge in [-0.3, -0.25) is 10.1 Å². The van der Waals surface area contributed by atoms with Crippen LogP contribution in [0.15, 0.2) is 0 Å². The molecule has 1 heterocycles. The van der Waals surface area contributed by atoms with Gasteiger partial charge in [0.1, 0.15) is 5.69 Å². The van der Waals surface area contributed by atoms with E-state index in [0.29, 0.717) is 12.1 Å². The highest BCUT2D eigenvalue weighted by Gasteiger charge is 2.23. The van der Waals surface area contributed by atoms with Crippen LogP contribution in [0.25, 0.3) is 0 Å². The Hall–Kier alpha value is -1.30. The van der Waals surface area contributed by atoms with Crippen molar-refractivity contribution in [2.45, 2.75) is 27.2 Å². The smallest absolute Gasteiger partial charge is 0.295 e. The topological polar surface area (TPSA) is 68.1 Å². The Morgan fingerprint density at radius 1 is 1.39 bits per heavy atom. The molecule has 0 fully saturated rings. The maximum Gasteiger partial charge on any atom is 0.295 e. The second-order valence-corrected chi connectivity index (χ2v) is 5.00. The molecule has 0 saturated heterocycles. The second kappa shape index (κ2) is 6.58. The maximum absolute atomic E-state index is 11.2. The van der Waals surface area contributed by atoms with E-state index in [1.807, 2.05) is 20.1 Å². The number of anilines is 1. The molecule has 0 saturated carbocycles. The third kappa shape index (κ3) is 3.13. The van der Waals surface area contributed by atoms with Crippen molar-refractivity contribution in [2.24, 2.45) is 0 Å². The summed E-state index contributed by atoms with van der Waals surface area (Å²) < 4.78 is 0. The molecule has 0 aliphatic rings. The summed E-state index contributed by atoms with van der Waals surface area (Å²) in [6, 6.07) is 0. The number of aromatic nitrogens is 1. The fourth-order valence-corrected chi connectivity index (χ4v) is 2.43. The van der Waals surface area contributed by atoms with Gasteiger partial charge in [0.25, 0.3) is 5.69 Å². The first-order valence-electron chi connectivity index (χ1n) is 5.90. The first kappa shape index (κ1) is 14.8. The number of rotatable bonds is 6. The first-order valence-corrected chi connectivity index (χ1v) is 7.29. The van der Waals surface area contributed by atoms with Gasteiger partial charge in [0.15, 0.2) is 0 Å². The van der Waals surface area contributed by atoms with Gasteiger partial charge in [0.05, 0.1) is 21.9 Å². The normalized spacial score (nSPS) is 10.4. The van der Waals surface area contributed by atoms with E-state index in [1.54, 1.807) is 18.7 Å². The highest BCUT2D eigenvalue weighted by molar-refractivity contribution is 7.98. The molecule has 5 nitrogen and oxygen atoms in total. The van der Waals surface area contributed by atoms with E-state index in [9.17, 15) is 10.1 Å². The van der Waals surface area contributed by atoms with E-state index in [4.69, 9.17) is 0 Å². The number of thioether (sulfide) groups is 1. The Balaban J connectivity index is 3.38. The Morgan fingerprint density at radius 2 is 2.06 bits per heavy atom. The number of pyridine rings is 1. The average molecular weight is 269 g/mol. The minimum absolute atomic E-state index is 0.158. The molecule has 1 aromatic rings. The number of aryl methyl sites for hydroxylation is 2. The standard InChI is InChI=1S/C12H19N3O2S/c1-5-13-11-8(2)14-9(3)12(15(16)17)10(11)6-7-18-4/h13H,5-7H2,1-4H3. The van der Waals surface area contributed by atoms with Crippen molar-refractivity contribution in [3.05, 3.63) is 27.1 Å². The van der Waals surface area contributed by atoms with Crippen molar-refractivity contribution in [3.8, 4) is 0 Å². The van der Waals surface area contributed by atoms with E-state index >= 15 is 0 Å². The third-order valence-corrected chi connectivity index (χ3v) is 3.33. The van der Waals surface area contributed by atoms with Gasteiger partial charge in [0.2, 0.25) is 0 Å². The summed E-state index contributed by atoms with van der Waals surface area (Å²) in [5, 5.41) is 14.4. The molecule has 0 amide bonds. The zero-order valence-electron chi connectivity index (χ0n) is 11.2. The number of hydrogen-bond acceptors (Lipinski definition) is 5. The van der Waals surface area contributed by atoms with Crippen molar-refractivity contribution in [1.82, 2.24) is 4.98 Å². The quantitative estimate of drug-likeness (QED) is 0.635. The summed E-state index contributed by atoms with van der Waals surface area (Å²) in [4.78, 5) is 15.2. The first-order chi connectivity index (χ1) is 8.52. The molecule has 18 heavy (non-hydrogen) atoms. The van der Waals surface area contributed by atoms with Gasteiger partial charge in [-0.15, -0.1) is 0 Å². The van der Waals surface area contributed by atoms with Crippen LogP contribution in [0.1, 0.15) is 23.9 Å². The molecule has 0 aromatic carbocycles. The number of nitrogens with zero attached hydrogens (tertiary/aromatic N) is 2. The summed E-state index contributed by atoms with van der Waals surface area (Å²) in [5.41, 5.74) is 3.09. The lowest BCUT2D eigenvalue weighted by atomic mass is 10.1. The van der Waals surface area contributed by atoms with E-state index in [1.165, 1.54) is 0 Å². The summed E-state index contributed by atoms with van der Waals surface area (Å²) in [6.45, 7) is 6.29. The lowest BCUT2D eigenvalue weighted by molar-refractivity contribution is -0.386. The molecule has 0 unspecified atom stereocenters. The zero-order chi connectivity index (χ0) is 13.7. The van der Waals surface area contributed by atoms with E-state index in [2.05, 4.69) is 10.3 Å². The van der Waals surface area contributed by atoms with Crippen LogP contribution >= 0.6 is 11.8 Å². The molecule has 6 heteroatoms. The Kier molecular flexibility index (Phi) is 5.40. The van der Waals surface area contributed by atoms with Crippen LogP contribution in [0, 0.1) is 24.0 Å². The van der Waals surface area contributed by atoms with Gasteiger partial charge in [-0.2, -0.15) is 11.8 Å². The lowest BCUT2D eigenvalue weighted by Gasteiger charge is -2.14. The molecule has 0 atom stereocenters. The van der Waals surface area contributed by atoms with Crippen LogP contribution in [0.3, 0.4) is 0 Å². The minimum atomic E-state index is -0.321. The minimum Gasteiger partial charge on any atom is -0.383 e. The highest BCUT2D eigenvalue weighted by atomic mass is 32.2. The van der Waals surface area contributed by atoms with Crippen molar-refractivity contribution in [3.63, 3.8) is 0 Å². The number of nitrogens with one attached hydrogen (secondary N) is 1. The predicted molar refractivity (Wildman–Crippen MR) is 76.6 cm³/mol. The molecule has 0 radical (unpaired) electrons. The Morgan fingerprint density at radius 3 is 2.56 bits per heavy atom. The molecular formula is C12H19N3O2S. The van der Waals surface area contributed by atoms with E-state index in [-0.39, 0.29) is 10.6 Å². The Labute approximate surface area is 112 Å². The van der Waals surface area contributed by atoms with Gasteiger partial charge in [-0.1, -0.05) is 0 Å². The van der Waals surface area contributed by atoms with Gasteiger partial charge in [0, 0.05) is 6.54 Å². The van der Waals surface area contributed by atoms with E-state index in [0.717, 1.165) is 29.2 Å². The molecule has 0 aliphatic heterocycles. The fourth-order valence-electron chi connectivity index (χ4n) is 2.02. The monoisotopic (exact) mass is 269 g/mol.